The Labute approximate surface area is 314 Å². The van der Waals surface area contributed by atoms with Gasteiger partial charge in [-0.15, -0.1) is 0 Å². The lowest BCUT2D eigenvalue weighted by Crippen LogP contribution is -2.68. The summed E-state index contributed by atoms with van der Waals surface area (Å²) in [5.41, 5.74) is 0. The topological polar surface area (TPSA) is 363 Å². The fourth-order valence-electron chi connectivity index (χ4n) is 7.10. The summed E-state index contributed by atoms with van der Waals surface area (Å²) in [6, 6.07) is -1.43. The summed E-state index contributed by atoms with van der Waals surface area (Å²) >= 11 is 0. The highest BCUT2D eigenvalue weighted by atomic mass is 16.9. The molecule has 55 heavy (non-hydrogen) atoms. The Bertz CT molecular complexity index is 1220. The molecule has 21 atom stereocenters. The number of nitrogens with one attached hydrogen (secondary N) is 1. The molecule has 9 unspecified atom stereocenters. The molecular formula is C32H55NO22. The number of hydrogen-bond donors (Lipinski definition) is 13. The lowest BCUT2D eigenvalue weighted by Gasteiger charge is -2.48. The molecule has 1 amide bonds. The number of hydrogen-bond acceptors (Lipinski definition) is 22. The van der Waals surface area contributed by atoms with E-state index in [9.17, 15) is 70.9 Å². The van der Waals surface area contributed by atoms with E-state index in [2.05, 4.69) is 5.32 Å². The molecule has 4 saturated heterocycles. The van der Waals surface area contributed by atoms with Crippen molar-refractivity contribution in [3.63, 3.8) is 0 Å². The molecule has 0 spiro atoms. The largest absolute Gasteiger partial charge is 0.410 e. The van der Waals surface area contributed by atoms with E-state index in [1.165, 1.54) is 6.92 Å². The van der Waals surface area contributed by atoms with Crippen molar-refractivity contribution in [2.75, 3.05) is 33.0 Å². The molecule has 0 bridgehead atoms. The van der Waals surface area contributed by atoms with Crippen LogP contribution in [-0.2, 0) is 47.5 Å². The highest BCUT2D eigenvalue weighted by Crippen LogP contribution is 2.38. The monoisotopic (exact) mass is 805 g/mol. The van der Waals surface area contributed by atoms with Gasteiger partial charge in [0.25, 0.3) is 6.47 Å². The number of aliphatic hydroxyl groups is 12. The van der Waals surface area contributed by atoms with Crippen molar-refractivity contribution in [1.82, 2.24) is 5.32 Å². The molecule has 4 aliphatic rings. The Hall–Kier alpha value is -1.82. The lowest BCUT2D eigenvalue weighted by atomic mass is 9.87. The molecule has 4 rings (SSSR count). The van der Waals surface area contributed by atoms with E-state index in [0.29, 0.717) is 0 Å². The smallest absolute Gasteiger partial charge is 0.332 e. The number of rotatable bonds is 16. The molecule has 0 aromatic heterocycles. The standard InChI is InChI=1S/C32H55NO22/c1-11-15(39)4-32(50-10-37,55-28(11)22(42)16(40)5-34)49-9-19-24(44)26(46)27(47)31(53-19)54-29-18(7-36)52-30(20(25(29)45)33-13(3)38)48-8-14-12(2)51-17(6-35)23(43)21(14)41/h10-12,14-31,34-36,39-47H,4-9H2,1-3H3,(H,33,38)/t11-,12+,14?,15+,16?,17?,18-,19?,20?,21-,22?,23+,24+,25?,26+,27?,28?,29-,30+,31+,32+/m1/s1. The average molecular weight is 806 g/mol. The zero-order valence-corrected chi connectivity index (χ0v) is 30.3. The van der Waals surface area contributed by atoms with Crippen molar-refractivity contribution in [3.8, 4) is 0 Å². The Morgan fingerprint density at radius 1 is 0.836 bits per heavy atom. The molecule has 0 aromatic rings. The predicted molar refractivity (Wildman–Crippen MR) is 173 cm³/mol. The molecule has 4 aliphatic heterocycles. The third kappa shape index (κ3) is 10.3. The first-order chi connectivity index (χ1) is 25.9. The maximum Gasteiger partial charge on any atom is 0.332 e. The number of carbonyl (C=O) groups excluding carboxylic acids is 2. The van der Waals surface area contributed by atoms with Crippen molar-refractivity contribution < 1.29 is 109 Å². The van der Waals surface area contributed by atoms with Crippen LogP contribution in [0.25, 0.3) is 0 Å². The second-order valence-electron chi connectivity index (χ2n) is 14.3. The Morgan fingerprint density at radius 3 is 2.07 bits per heavy atom. The summed E-state index contributed by atoms with van der Waals surface area (Å²) in [7, 11) is 0. The summed E-state index contributed by atoms with van der Waals surface area (Å²) in [5.74, 6) is -4.88. The van der Waals surface area contributed by atoms with Gasteiger partial charge in [0.1, 0.15) is 73.2 Å². The van der Waals surface area contributed by atoms with Crippen LogP contribution >= 0.6 is 0 Å². The minimum Gasteiger partial charge on any atom is -0.410 e. The average Bonchev–Trinajstić information content (AvgIpc) is 3.15. The summed E-state index contributed by atoms with van der Waals surface area (Å²) in [6.45, 7) is 0.578. The Morgan fingerprint density at radius 2 is 1.47 bits per heavy atom. The van der Waals surface area contributed by atoms with E-state index in [0.717, 1.165) is 6.92 Å². The molecule has 0 aromatic carbocycles. The van der Waals surface area contributed by atoms with Crippen molar-refractivity contribution >= 4 is 12.4 Å². The molecule has 23 heteroatoms. The third-order valence-electron chi connectivity index (χ3n) is 10.5. The van der Waals surface area contributed by atoms with Gasteiger partial charge in [-0.1, -0.05) is 6.92 Å². The zero-order valence-electron chi connectivity index (χ0n) is 30.3. The number of ether oxygens (including phenoxy) is 8. The molecule has 0 saturated carbocycles. The number of aliphatic hydroxyl groups excluding tert-OH is 12. The molecule has 0 radical (unpaired) electrons. The SMILES string of the molecule is CC(=O)NC1C(O)[C@H](O[C@@H]2OC(CO[C@]3(OC=O)C[C@H](O)[C@@H](C)C(C(O)C(O)CO)O3)[C@H](O)[C@H](O)C2O)[C@@H](CO)O[C@@H]1OCC1[C@H](C)OC(CO)[C@H](O)[C@@H]1O. The summed E-state index contributed by atoms with van der Waals surface area (Å²) in [4.78, 5) is 23.7. The molecule has 320 valence electrons. The van der Waals surface area contributed by atoms with E-state index in [4.69, 9.17) is 37.9 Å². The van der Waals surface area contributed by atoms with Crippen LogP contribution < -0.4 is 5.32 Å². The van der Waals surface area contributed by atoms with Crippen LogP contribution in [0.1, 0.15) is 27.2 Å². The molecule has 4 fully saturated rings. The van der Waals surface area contributed by atoms with Gasteiger partial charge in [-0.3, -0.25) is 9.59 Å². The minimum absolute atomic E-state index is 0.0964. The summed E-state index contributed by atoms with van der Waals surface area (Å²) in [6.07, 6.45) is -27.4. The maximum absolute atomic E-state index is 12.2. The Balaban J connectivity index is 1.49. The first-order valence-electron chi connectivity index (χ1n) is 17.8. The van der Waals surface area contributed by atoms with Gasteiger partial charge >= 0.3 is 5.97 Å². The fraction of sp³-hybridized carbons (Fsp3) is 0.938. The molecule has 4 heterocycles. The highest BCUT2D eigenvalue weighted by molar-refractivity contribution is 5.73. The normalized spacial score (nSPS) is 46.4. The van der Waals surface area contributed by atoms with Gasteiger partial charge in [0.05, 0.1) is 63.9 Å². The van der Waals surface area contributed by atoms with Gasteiger partial charge in [0.15, 0.2) is 12.6 Å². The van der Waals surface area contributed by atoms with Crippen LogP contribution in [0.4, 0.5) is 0 Å². The summed E-state index contributed by atoms with van der Waals surface area (Å²) < 4.78 is 45.1. The molecular weight excluding hydrogens is 750 g/mol. The van der Waals surface area contributed by atoms with Crippen LogP contribution in [-0.4, -0.2) is 223 Å². The van der Waals surface area contributed by atoms with Crippen molar-refractivity contribution in [2.45, 2.75) is 143 Å². The first-order valence-corrected chi connectivity index (χ1v) is 17.8. The van der Waals surface area contributed by atoms with Crippen LogP contribution in [0.5, 0.6) is 0 Å². The van der Waals surface area contributed by atoms with E-state index in [-0.39, 0.29) is 13.1 Å². The predicted octanol–water partition coefficient (Wildman–Crippen LogP) is -7.76. The van der Waals surface area contributed by atoms with Crippen molar-refractivity contribution in [1.29, 1.82) is 0 Å². The highest BCUT2D eigenvalue weighted by Gasteiger charge is 2.55. The second-order valence-corrected chi connectivity index (χ2v) is 14.3. The van der Waals surface area contributed by atoms with Crippen molar-refractivity contribution in [3.05, 3.63) is 0 Å². The van der Waals surface area contributed by atoms with Crippen LogP contribution in [0.3, 0.4) is 0 Å². The second kappa shape index (κ2) is 19.8. The Kier molecular flexibility index (Phi) is 16.5. The third-order valence-corrected chi connectivity index (χ3v) is 10.5. The van der Waals surface area contributed by atoms with Gasteiger partial charge in [-0.2, -0.15) is 0 Å². The van der Waals surface area contributed by atoms with E-state index >= 15 is 0 Å². The van der Waals surface area contributed by atoms with Gasteiger partial charge in [-0.25, -0.2) is 0 Å². The minimum atomic E-state index is -2.46. The molecule has 13 N–H and O–H groups in total. The van der Waals surface area contributed by atoms with E-state index < -0.39 is 167 Å². The van der Waals surface area contributed by atoms with Gasteiger partial charge in [-0.05, 0) is 6.92 Å². The number of amides is 1. The van der Waals surface area contributed by atoms with Crippen LogP contribution in [0.15, 0.2) is 0 Å². The van der Waals surface area contributed by atoms with Gasteiger partial charge < -0.3 is 104 Å². The quantitative estimate of drug-likeness (QED) is 0.0509. The first kappa shape index (κ1) is 45.9. The van der Waals surface area contributed by atoms with Crippen molar-refractivity contribution in [2.24, 2.45) is 11.8 Å². The lowest BCUT2D eigenvalue weighted by molar-refractivity contribution is -0.423. The molecule has 23 nitrogen and oxygen atoms in total. The maximum atomic E-state index is 12.2. The fourth-order valence-corrected chi connectivity index (χ4v) is 7.10. The zero-order chi connectivity index (χ0) is 40.9. The molecule has 0 aliphatic carbocycles. The van der Waals surface area contributed by atoms with Crippen LogP contribution in [0, 0.1) is 11.8 Å². The van der Waals surface area contributed by atoms with E-state index in [1.807, 2.05) is 0 Å². The van der Waals surface area contributed by atoms with Gasteiger partial charge in [0, 0.05) is 18.8 Å². The summed E-state index contributed by atoms with van der Waals surface area (Å²) in [5, 5.41) is 127. The van der Waals surface area contributed by atoms with E-state index in [1.54, 1.807) is 6.92 Å². The van der Waals surface area contributed by atoms with Crippen LogP contribution in [0.2, 0.25) is 0 Å². The van der Waals surface area contributed by atoms with Gasteiger partial charge in [0.2, 0.25) is 5.91 Å². The number of carbonyl (C=O) groups is 2.